The molecule has 2 aromatic carbocycles. The van der Waals surface area contributed by atoms with E-state index in [1.165, 1.54) is 6.42 Å². The summed E-state index contributed by atoms with van der Waals surface area (Å²) in [5.41, 5.74) is 2.57. The first-order valence-corrected chi connectivity index (χ1v) is 12.8. The molecule has 0 atom stereocenters. The van der Waals surface area contributed by atoms with Crippen LogP contribution in [-0.2, 0) is 4.79 Å². The van der Waals surface area contributed by atoms with E-state index in [9.17, 15) is 14.4 Å². The van der Waals surface area contributed by atoms with Gasteiger partial charge < -0.3 is 20.9 Å². The fourth-order valence-corrected chi connectivity index (χ4v) is 4.77. The fourth-order valence-electron chi connectivity index (χ4n) is 4.77. The zero-order valence-electron chi connectivity index (χ0n) is 20.5. The summed E-state index contributed by atoms with van der Waals surface area (Å²) < 4.78 is 0. The van der Waals surface area contributed by atoms with Crippen LogP contribution in [0.25, 0.3) is 0 Å². The topological polar surface area (TPSA) is 90.5 Å². The summed E-state index contributed by atoms with van der Waals surface area (Å²) in [6.45, 7) is 3.92. The number of hydrogen-bond donors (Lipinski definition) is 3. The van der Waals surface area contributed by atoms with E-state index in [4.69, 9.17) is 0 Å². The van der Waals surface area contributed by atoms with Gasteiger partial charge in [0, 0.05) is 41.6 Å². The molecule has 0 radical (unpaired) electrons. The van der Waals surface area contributed by atoms with Crippen molar-refractivity contribution in [2.75, 3.05) is 30.3 Å². The largest absolute Gasteiger partial charge is 0.376 e. The van der Waals surface area contributed by atoms with Crippen molar-refractivity contribution in [3.05, 3.63) is 59.7 Å². The minimum absolute atomic E-state index is 0.0635. The van der Waals surface area contributed by atoms with Gasteiger partial charge in [0.15, 0.2) is 0 Å². The molecule has 1 heterocycles. The van der Waals surface area contributed by atoms with Crippen molar-refractivity contribution in [3.8, 4) is 0 Å². The van der Waals surface area contributed by atoms with Crippen molar-refractivity contribution in [1.29, 1.82) is 0 Å². The van der Waals surface area contributed by atoms with Crippen LogP contribution in [0.2, 0.25) is 0 Å². The van der Waals surface area contributed by atoms with E-state index in [2.05, 4.69) is 22.9 Å². The van der Waals surface area contributed by atoms with Crippen LogP contribution >= 0.6 is 0 Å². The standard InChI is InChI=1S/C28H36N4O3/c1-20-14-16-32(17-15-20)28(35)21-10-12-23(13-11-21)29-19-26(33)30-25-9-5-6-22(18-25)27(34)31-24-7-3-2-4-8-24/h5-6,9-13,18,20,24,29H,2-4,7-8,14-17,19H2,1H3,(H,30,33)(H,31,34). The number of rotatable bonds is 7. The molecule has 3 amide bonds. The zero-order chi connectivity index (χ0) is 24.6. The summed E-state index contributed by atoms with van der Waals surface area (Å²) in [5, 5.41) is 9.04. The molecule has 186 valence electrons. The normalized spacial score (nSPS) is 17.0. The lowest BCUT2D eigenvalue weighted by atomic mass is 9.95. The van der Waals surface area contributed by atoms with Crippen LogP contribution in [0.1, 0.15) is 72.6 Å². The monoisotopic (exact) mass is 476 g/mol. The number of hydrogen-bond acceptors (Lipinski definition) is 4. The van der Waals surface area contributed by atoms with Crippen molar-refractivity contribution in [3.63, 3.8) is 0 Å². The second kappa shape index (κ2) is 11.9. The lowest BCUT2D eigenvalue weighted by Crippen LogP contribution is -2.37. The lowest BCUT2D eigenvalue weighted by Gasteiger charge is -2.30. The molecule has 0 bridgehead atoms. The number of benzene rings is 2. The molecule has 2 fully saturated rings. The van der Waals surface area contributed by atoms with E-state index >= 15 is 0 Å². The van der Waals surface area contributed by atoms with Gasteiger partial charge in [-0.3, -0.25) is 14.4 Å². The number of likely N-dealkylation sites (tertiary alicyclic amines) is 1. The number of carbonyl (C=O) groups excluding carboxylic acids is 3. The van der Waals surface area contributed by atoms with E-state index in [0.29, 0.717) is 22.7 Å². The molecule has 1 aliphatic heterocycles. The molecule has 0 spiro atoms. The number of piperidine rings is 1. The van der Waals surface area contributed by atoms with Crippen LogP contribution in [0.4, 0.5) is 11.4 Å². The summed E-state index contributed by atoms with van der Waals surface area (Å²) in [7, 11) is 0. The Morgan fingerprint density at radius 2 is 1.57 bits per heavy atom. The third-order valence-electron chi connectivity index (χ3n) is 7.00. The molecule has 2 aliphatic rings. The van der Waals surface area contributed by atoms with Crippen molar-refractivity contribution >= 4 is 29.1 Å². The second-order valence-electron chi connectivity index (χ2n) is 9.84. The van der Waals surface area contributed by atoms with Crippen molar-refractivity contribution in [1.82, 2.24) is 10.2 Å². The summed E-state index contributed by atoms with van der Waals surface area (Å²) in [4.78, 5) is 39.6. The molecule has 3 N–H and O–H groups in total. The number of nitrogens with zero attached hydrogens (tertiary/aromatic N) is 1. The molecule has 1 saturated heterocycles. The van der Waals surface area contributed by atoms with Crippen LogP contribution in [0.3, 0.4) is 0 Å². The Bertz CT molecular complexity index is 1020. The van der Waals surface area contributed by atoms with Crippen LogP contribution < -0.4 is 16.0 Å². The van der Waals surface area contributed by atoms with Gasteiger partial charge >= 0.3 is 0 Å². The van der Waals surface area contributed by atoms with Crippen molar-refractivity contribution in [2.45, 2.75) is 57.9 Å². The average Bonchev–Trinajstić information content (AvgIpc) is 2.88. The smallest absolute Gasteiger partial charge is 0.253 e. The highest BCUT2D eigenvalue weighted by atomic mass is 16.2. The third-order valence-corrected chi connectivity index (χ3v) is 7.00. The first-order valence-electron chi connectivity index (χ1n) is 12.8. The third kappa shape index (κ3) is 7.07. The first kappa shape index (κ1) is 24.8. The van der Waals surface area contributed by atoms with E-state index in [-0.39, 0.29) is 30.3 Å². The van der Waals surface area contributed by atoms with Gasteiger partial charge in [0.1, 0.15) is 0 Å². The fraction of sp³-hybridized carbons (Fsp3) is 0.464. The molecule has 0 aromatic heterocycles. The van der Waals surface area contributed by atoms with Gasteiger partial charge in [-0.05, 0) is 74.1 Å². The van der Waals surface area contributed by atoms with Gasteiger partial charge in [-0.2, -0.15) is 0 Å². The van der Waals surface area contributed by atoms with E-state index in [1.807, 2.05) is 17.0 Å². The molecule has 2 aromatic rings. The summed E-state index contributed by atoms with van der Waals surface area (Å²) >= 11 is 0. The summed E-state index contributed by atoms with van der Waals surface area (Å²) in [5.74, 6) is 0.434. The highest BCUT2D eigenvalue weighted by Crippen LogP contribution is 2.20. The van der Waals surface area contributed by atoms with Crippen LogP contribution in [0, 0.1) is 5.92 Å². The van der Waals surface area contributed by atoms with Crippen LogP contribution in [0.5, 0.6) is 0 Å². The van der Waals surface area contributed by atoms with Gasteiger partial charge in [-0.15, -0.1) is 0 Å². The van der Waals surface area contributed by atoms with Gasteiger partial charge in [0.25, 0.3) is 11.8 Å². The Kier molecular flexibility index (Phi) is 8.40. The second-order valence-corrected chi connectivity index (χ2v) is 9.84. The Hall–Kier alpha value is -3.35. The molecular formula is C28H36N4O3. The van der Waals surface area contributed by atoms with Gasteiger partial charge in [-0.1, -0.05) is 32.3 Å². The predicted octanol–water partition coefficient (Wildman–Crippen LogP) is 4.67. The highest BCUT2D eigenvalue weighted by molar-refractivity contribution is 5.98. The molecule has 1 aliphatic carbocycles. The molecular weight excluding hydrogens is 440 g/mol. The van der Waals surface area contributed by atoms with Crippen LogP contribution in [-0.4, -0.2) is 48.3 Å². The zero-order valence-corrected chi connectivity index (χ0v) is 20.5. The molecule has 7 heteroatoms. The average molecular weight is 477 g/mol. The molecule has 0 unspecified atom stereocenters. The Balaban J connectivity index is 1.25. The maximum Gasteiger partial charge on any atom is 0.253 e. The Labute approximate surface area is 207 Å². The maximum atomic E-state index is 12.7. The van der Waals surface area contributed by atoms with E-state index < -0.39 is 0 Å². The quantitative estimate of drug-likeness (QED) is 0.542. The number of amides is 3. The highest BCUT2D eigenvalue weighted by Gasteiger charge is 2.21. The van der Waals surface area contributed by atoms with E-state index in [1.54, 1.807) is 36.4 Å². The minimum Gasteiger partial charge on any atom is -0.376 e. The van der Waals surface area contributed by atoms with Crippen molar-refractivity contribution in [2.24, 2.45) is 5.92 Å². The number of nitrogens with one attached hydrogen (secondary N) is 3. The Morgan fingerprint density at radius 3 is 2.29 bits per heavy atom. The van der Waals surface area contributed by atoms with Crippen molar-refractivity contribution < 1.29 is 14.4 Å². The number of anilines is 2. The maximum absolute atomic E-state index is 12.7. The summed E-state index contributed by atoms with van der Waals surface area (Å²) in [6.07, 6.45) is 7.71. The summed E-state index contributed by atoms with van der Waals surface area (Å²) in [6, 6.07) is 14.5. The Morgan fingerprint density at radius 1 is 0.857 bits per heavy atom. The SMILES string of the molecule is CC1CCN(C(=O)c2ccc(NCC(=O)Nc3cccc(C(=O)NC4CCCCC4)c3)cc2)CC1. The molecule has 1 saturated carbocycles. The van der Waals surface area contributed by atoms with Gasteiger partial charge in [0.05, 0.1) is 6.54 Å². The number of carbonyl (C=O) groups is 3. The first-order chi connectivity index (χ1) is 17.0. The van der Waals surface area contributed by atoms with Crippen LogP contribution in [0.15, 0.2) is 48.5 Å². The molecule has 7 nitrogen and oxygen atoms in total. The lowest BCUT2D eigenvalue weighted by molar-refractivity contribution is -0.114. The minimum atomic E-state index is -0.211. The predicted molar refractivity (Wildman–Crippen MR) is 139 cm³/mol. The van der Waals surface area contributed by atoms with Gasteiger partial charge in [0.2, 0.25) is 5.91 Å². The van der Waals surface area contributed by atoms with Gasteiger partial charge in [-0.25, -0.2) is 0 Å². The van der Waals surface area contributed by atoms with E-state index in [0.717, 1.165) is 57.3 Å². The molecule has 4 rings (SSSR count). The molecule has 35 heavy (non-hydrogen) atoms.